The fourth-order valence-electron chi connectivity index (χ4n) is 1.94. The molecule has 96 valence electrons. The predicted octanol–water partition coefficient (Wildman–Crippen LogP) is 5.24. The minimum Gasteiger partial charge on any atom is -0.294 e. The first-order valence-corrected chi connectivity index (χ1v) is 6.84. The third-order valence-electron chi connectivity index (χ3n) is 2.85. The maximum atomic E-state index is 12.0. The molecule has 0 aromatic heterocycles. The Bertz CT molecular complexity index is 494. The molecular weight excluding hydrogens is 220 g/mol. The lowest BCUT2D eigenvalue weighted by molar-refractivity contribution is 0.0981. The molecular formula is C17H22O. The number of benzene rings is 2. The van der Waals surface area contributed by atoms with Gasteiger partial charge in [0.15, 0.2) is 5.78 Å². The van der Waals surface area contributed by atoms with Gasteiger partial charge >= 0.3 is 0 Å². The highest BCUT2D eigenvalue weighted by atomic mass is 16.1. The van der Waals surface area contributed by atoms with Crippen molar-refractivity contribution in [3.05, 3.63) is 48.0 Å². The second-order valence-corrected chi connectivity index (χ2v) is 4.05. The van der Waals surface area contributed by atoms with Crippen LogP contribution in [0.25, 0.3) is 10.8 Å². The molecule has 0 unspecified atom stereocenters. The number of hydrogen-bond acceptors (Lipinski definition) is 1. The van der Waals surface area contributed by atoms with Crippen LogP contribution >= 0.6 is 0 Å². The van der Waals surface area contributed by atoms with E-state index in [0.717, 1.165) is 29.2 Å². The topological polar surface area (TPSA) is 17.1 Å². The van der Waals surface area contributed by atoms with Crippen molar-refractivity contribution in [2.24, 2.45) is 0 Å². The molecule has 0 saturated carbocycles. The molecule has 0 N–H and O–H groups in total. The summed E-state index contributed by atoms with van der Waals surface area (Å²) in [5.74, 6) is 0.263. The van der Waals surface area contributed by atoms with Crippen molar-refractivity contribution in [2.75, 3.05) is 0 Å². The molecule has 1 heteroatoms. The van der Waals surface area contributed by atoms with Crippen LogP contribution in [-0.4, -0.2) is 5.78 Å². The molecule has 0 fully saturated rings. The van der Waals surface area contributed by atoms with Crippen LogP contribution in [0.4, 0.5) is 0 Å². The Hall–Kier alpha value is -1.63. The number of fused-ring (bicyclic) bond motifs is 1. The van der Waals surface area contributed by atoms with Crippen molar-refractivity contribution in [1.29, 1.82) is 0 Å². The first kappa shape index (κ1) is 14.4. The van der Waals surface area contributed by atoms with Crippen LogP contribution in [-0.2, 0) is 0 Å². The van der Waals surface area contributed by atoms with Gasteiger partial charge in [-0.25, -0.2) is 0 Å². The van der Waals surface area contributed by atoms with Gasteiger partial charge in [-0.1, -0.05) is 69.7 Å². The highest BCUT2D eigenvalue weighted by Crippen LogP contribution is 2.20. The number of carbonyl (C=O) groups excluding carboxylic acids is 1. The summed E-state index contributed by atoms with van der Waals surface area (Å²) in [7, 11) is 0. The summed E-state index contributed by atoms with van der Waals surface area (Å²) in [5.41, 5.74) is 0.867. The third-order valence-corrected chi connectivity index (χ3v) is 2.85. The summed E-state index contributed by atoms with van der Waals surface area (Å²) in [4.78, 5) is 12.0. The van der Waals surface area contributed by atoms with Crippen molar-refractivity contribution in [3.63, 3.8) is 0 Å². The second-order valence-electron chi connectivity index (χ2n) is 4.05. The van der Waals surface area contributed by atoms with E-state index in [4.69, 9.17) is 0 Å². The molecule has 2 rings (SSSR count). The van der Waals surface area contributed by atoms with Crippen molar-refractivity contribution in [3.8, 4) is 0 Å². The fraction of sp³-hybridized carbons (Fsp3) is 0.353. The van der Waals surface area contributed by atoms with Crippen molar-refractivity contribution in [1.82, 2.24) is 0 Å². The van der Waals surface area contributed by atoms with Gasteiger partial charge in [-0.15, -0.1) is 0 Å². The quantitative estimate of drug-likeness (QED) is 0.670. The number of rotatable bonds is 4. The van der Waals surface area contributed by atoms with Gasteiger partial charge in [-0.3, -0.25) is 4.79 Å². The Morgan fingerprint density at radius 2 is 1.67 bits per heavy atom. The molecule has 0 spiro atoms. The molecule has 0 amide bonds. The van der Waals surface area contributed by atoms with Gasteiger partial charge in [0.05, 0.1) is 0 Å². The monoisotopic (exact) mass is 242 g/mol. The Morgan fingerprint density at radius 1 is 1.00 bits per heavy atom. The van der Waals surface area contributed by atoms with Gasteiger partial charge in [0, 0.05) is 12.0 Å². The lowest BCUT2D eigenvalue weighted by Crippen LogP contribution is -1.99. The molecule has 0 bridgehead atoms. The van der Waals surface area contributed by atoms with E-state index in [-0.39, 0.29) is 5.78 Å². The standard InChI is InChI=1S/C15H16O.C2H6/c1-2-3-11-15(16)14-10-6-8-12-7-4-5-9-13(12)14;1-2/h4-10H,2-3,11H2,1H3;1-2H3. The highest BCUT2D eigenvalue weighted by Gasteiger charge is 2.08. The van der Waals surface area contributed by atoms with Gasteiger partial charge in [0.2, 0.25) is 0 Å². The van der Waals surface area contributed by atoms with Crippen molar-refractivity contribution < 1.29 is 4.79 Å². The molecule has 0 aliphatic rings. The first-order valence-electron chi connectivity index (χ1n) is 6.84. The SMILES string of the molecule is CC.CCCCC(=O)c1cccc2ccccc12. The van der Waals surface area contributed by atoms with Crippen molar-refractivity contribution in [2.45, 2.75) is 40.0 Å². The summed E-state index contributed by atoms with van der Waals surface area (Å²) in [6, 6.07) is 14.0. The first-order chi connectivity index (χ1) is 8.83. The second kappa shape index (κ2) is 7.65. The maximum absolute atomic E-state index is 12.0. The smallest absolute Gasteiger partial charge is 0.163 e. The molecule has 18 heavy (non-hydrogen) atoms. The largest absolute Gasteiger partial charge is 0.294 e. The van der Waals surface area contributed by atoms with Gasteiger partial charge in [0.25, 0.3) is 0 Å². The number of Topliss-reactive ketones (excluding diaryl/α,β-unsaturated/α-hetero) is 1. The molecule has 2 aromatic carbocycles. The molecule has 0 saturated heterocycles. The van der Waals surface area contributed by atoms with Crippen LogP contribution < -0.4 is 0 Å². The van der Waals surface area contributed by atoms with E-state index in [1.807, 2.05) is 56.3 Å². The highest BCUT2D eigenvalue weighted by molar-refractivity contribution is 6.08. The van der Waals surface area contributed by atoms with Gasteiger partial charge in [-0.2, -0.15) is 0 Å². The van der Waals surface area contributed by atoms with Gasteiger partial charge in [0.1, 0.15) is 0 Å². The minimum atomic E-state index is 0.263. The summed E-state index contributed by atoms with van der Waals surface area (Å²) < 4.78 is 0. The average Bonchev–Trinajstić information content (AvgIpc) is 2.46. The lowest BCUT2D eigenvalue weighted by Gasteiger charge is -2.04. The Balaban J connectivity index is 0.000000771. The zero-order valence-corrected chi connectivity index (χ0v) is 11.6. The Morgan fingerprint density at radius 3 is 2.39 bits per heavy atom. The van der Waals surface area contributed by atoms with E-state index in [0.29, 0.717) is 6.42 Å². The minimum absolute atomic E-state index is 0.263. The summed E-state index contributed by atoms with van der Waals surface area (Å²) in [6.45, 7) is 6.11. The van der Waals surface area contributed by atoms with E-state index in [2.05, 4.69) is 6.92 Å². The molecule has 0 aliphatic heterocycles. The van der Waals surface area contributed by atoms with E-state index < -0.39 is 0 Å². The van der Waals surface area contributed by atoms with Crippen LogP contribution in [0.5, 0.6) is 0 Å². The van der Waals surface area contributed by atoms with E-state index in [1.54, 1.807) is 0 Å². The average molecular weight is 242 g/mol. The lowest BCUT2D eigenvalue weighted by atomic mass is 9.99. The fourth-order valence-corrected chi connectivity index (χ4v) is 1.94. The number of unbranched alkanes of at least 4 members (excludes halogenated alkanes) is 1. The molecule has 2 aromatic rings. The van der Waals surface area contributed by atoms with Crippen LogP contribution in [0.3, 0.4) is 0 Å². The van der Waals surface area contributed by atoms with E-state index in [1.165, 1.54) is 0 Å². The van der Waals surface area contributed by atoms with Crippen molar-refractivity contribution >= 4 is 16.6 Å². The summed E-state index contributed by atoms with van der Waals surface area (Å²) in [6.07, 6.45) is 2.70. The van der Waals surface area contributed by atoms with Crippen LogP contribution in [0, 0.1) is 0 Å². The summed E-state index contributed by atoms with van der Waals surface area (Å²) >= 11 is 0. The number of hydrogen-bond donors (Lipinski definition) is 0. The van der Waals surface area contributed by atoms with E-state index in [9.17, 15) is 4.79 Å². The normalized spacial score (nSPS) is 9.72. The summed E-state index contributed by atoms with van der Waals surface area (Å²) in [5, 5.41) is 2.22. The predicted molar refractivity (Wildman–Crippen MR) is 79.2 cm³/mol. The van der Waals surface area contributed by atoms with E-state index >= 15 is 0 Å². The molecule has 0 radical (unpaired) electrons. The third kappa shape index (κ3) is 3.43. The molecule has 0 aliphatic carbocycles. The molecule has 0 heterocycles. The van der Waals surface area contributed by atoms with Crippen LogP contribution in [0.2, 0.25) is 0 Å². The zero-order valence-electron chi connectivity index (χ0n) is 11.6. The zero-order chi connectivity index (χ0) is 13.4. The Labute approximate surface area is 110 Å². The number of ketones is 1. The maximum Gasteiger partial charge on any atom is 0.163 e. The number of carbonyl (C=O) groups is 1. The Kier molecular flexibility index (Phi) is 6.13. The van der Waals surface area contributed by atoms with Gasteiger partial charge in [-0.05, 0) is 17.2 Å². The van der Waals surface area contributed by atoms with Crippen LogP contribution in [0.15, 0.2) is 42.5 Å². The van der Waals surface area contributed by atoms with Gasteiger partial charge < -0.3 is 0 Å². The van der Waals surface area contributed by atoms with Crippen LogP contribution in [0.1, 0.15) is 50.4 Å². The molecule has 0 atom stereocenters. The molecule has 1 nitrogen and oxygen atoms in total.